The normalized spacial score (nSPS) is 32.2. The Labute approximate surface area is 61.8 Å². The lowest BCUT2D eigenvalue weighted by Crippen LogP contribution is -2.33. The van der Waals surface area contributed by atoms with Gasteiger partial charge in [-0.25, -0.2) is 0 Å². The molecule has 1 fully saturated rings. The Bertz CT molecular complexity index is 177. The lowest BCUT2D eigenvalue weighted by Gasteiger charge is -2.16. The van der Waals surface area contributed by atoms with Crippen LogP contribution in [0.2, 0.25) is 0 Å². The van der Waals surface area contributed by atoms with Gasteiger partial charge in [-0.3, -0.25) is 4.79 Å². The van der Waals surface area contributed by atoms with Crippen molar-refractivity contribution in [1.82, 2.24) is 5.32 Å². The molecule has 1 N–H and O–H groups in total. The minimum absolute atomic E-state index is 0.426. The first kappa shape index (κ1) is 8.36. The van der Waals surface area contributed by atoms with Crippen LogP contribution in [0.15, 0.2) is 0 Å². The summed E-state index contributed by atoms with van der Waals surface area (Å²) in [5.74, 6) is -2.02. The molecule has 0 aromatic rings. The Morgan fingerprint density at radius 1 is 1.55 bits per heavy atom. The molecule has 0 radical (unpaired) electrons. The number of alkyl halides is 3. The van der Waals surface area contributed by atoms with E-state index in [0.29, 0.717) is 0 Å². The van der Waals surface area contributed by atoms with Crippen LogP contribution in [0.4, 0.5) is 13.2 Å². The van der Waals surface area contributed by atoms with E-state index in [1.165, 1.54) is 6.92 Å². The van der Waals surface area contributed by atoms with Gasteiger partial charge in [0.2, 0.25) is 5.91 Å². The number of amides is 1. The van der Waals surface area contributed by atoms with Gasteiger partial charge in [-0.05, 0) is 6.92 Å². The van der Waals surface area contributed by atoms with Crippen molar-refractivity contribution in [2.45, 2.75) is 25.6 Å². The summed E-state index contributed by atoms with van der Waals surface area (Å²) in [6.45, 7) is 1.36. The summed E-state index contributed by atoms with van der Waals surface area (Å²) in [6.07, 6.45) is -4.68. The van der Waals surface area contributed by atoms with E-state index in [-0.39, 0.29) is 0 Å². The van der Waals surface area contributed by atoms with E-state index in [1.807, 2.05) is 0 Å². The van der Waals surface area contributed by atoms with E-state index in [2.05, 4.69) is 5.32 Å². The highest BCUT2D eigenvalue weighted by Gasteiger charge is 2.48. The average molecular weight is 167 g/mol. The highest BCUT2D eigenvalue weighted by Crippen LogP contribution is 2.34. The molecule has 2 nitrogen and oxygen atoms in total. The van der Waals surface area contributed by atoms with Crippen molar-refractivity contribution in [1.29, 1.82) is 0 Å². The molecule has 1 saturated heterocycles. The highest BCUT2D eigenvalue weighted by molar-refractivity contribution is 5.79. The SMILES string of the molecule is CC1NC(=O)CC1C(F)(F)F. The number of hydrogen-bond donors (Lipinski definition) is 1. The van der Waals surface area contributed by atoms with Gasteiger partial charge in [0.05, 0.1) is 5.92 Å². The van der Waals surface area contributed by atoms with Gasteiger partial charge in [-0.15, -0.1) is 0 Å². The number of carbonyl (C=O) groups excluding carboxylic acids is 1. The molecule has 0 aliphatic carbocycles. The quantitative estimate of drug-likeness (QED) is 0.574. The minimum Gasteiger partial charge on any atom is -0.353 e. The molecule has 1 aliphatic heterocycles. The molecule has 1 aliphatic rings. The Kier molecular flexibility index (Phi) is 1.82. The van der Waals surface area contributed by atoms with Crippen molar-refractivity contribution in [3.05, 3.63) is 0 Å². The lowest BCUT2D eigenvalue weighted by atomic mass is 10.0. The van der Waals surface area contributed by atoms with Gasteiger partial charge >= 0.3 is 6.18 Å². The van der Waals surface area contributed by atoms with Gasteiger partial charge in [0, 0.05) is 12.5 Å². The second-order valence-corrected chi connectivity index (χ2v) is 2.71. The maximum absolute atomic E-state index is 12.0. The topological polar surface area (TPSA) is 29.1 Å². The number of carbonyl (C=O) groups is 1. The fraction of sp³-hybridized carbons (Fsp3) is 0.833. The molecule has 2 unspecified atom stereocenters. The first-order chi connectivity index (χ1) is 4.91. The van der Waals surface area contributed by atoms with Gasteiger partial charge in [-0.1, -0.05) is 0 Å². The molecule has 11 heavy (non-hydrogen) atoms. The number of rotatable bonds is 0. The number of halogens is 3. The third-order valence-corrected chi connectivity index (χ3v) is 1.82. The summed E-state index contributed by atoms with van der Waals surface area (Å²) in [6, 6.07) is -0.775. The second-order valence-electron chi connectivity index (χ2n) is 2.71. The first-order valence-corrected chi connectivity index (χ1v) is 3.27. The van der Waals surface area contributed by atoms with Gasteiger partial charge in [0.1, 0.15) is 0 Å². The number of hydrogen-bond acceptors (Lipinski definition) is 1. The van der Waals surface area contributed by atoms with Crippen LogP contribution in [0.25, 0.3) is 0 Å². The van der Waals surface area contributed by atoms with Crippen LogP contribution in [0.1, 0.15) is 13.3 Å². The van der Waals surface area contributed by atoms with Crippen molar-refractivity contribution >= 4 is 5.91 Å². The summed E-state index contributed by atoms with van der Waals surface area (Å²) >= 11 is 0. The standard InChI is InChI=1S/C6H8F3NO/c1-3-4(6(7,8)9)2-5(11)10-3/h3-4H,2H2,1H3,(H,10,11). The minimum atomic E-state index is -4.25. The van der Waals surface area contributed by atoms with Crippen LogP contribution in [0, 0.1) is 5.92 Å². The molecule has 1 heterocycles. The summed E-state index contributed by atoms with van der Waals surface area (Å²) in [5.41, 5.74) is 0. The third-order valence-electron chi connectivity index (χ3n) is 1.82. The Morgan fingerprint density at radius 2 is 2.09 bits per heavy atom. The Morgan fingerprint density at radius 3 is 2.27 bits per heavy atom. The van der Waals surface area contributed by atoms with E-state index in [0.717, 1.165) is 0 Å². The molecule has 64 valence electrons. The van der Waals surface area contributed by atoms with Gasteiger partial charge in [-0.2, -0.15) is 13.2 Å². The van der Waals surface area contributed by atoms with Crippen molar-refractivity contribution in [3.8, 4) is 0 Å². The van der Waals surface area contributed by atoms with Crippen LogP contribution in [-0.4, -0.2) is 18.1 Å². The molecular weight excluding hydrogens is 159 g/mol. The van der Waals surface area contributed by atoms with E-state index in [4.69, 9.17) is 0 Å². The van der Waals surface area contributed by atoms with E-state index in [9.17, 15) is 18.0 Å². The molecule has 0 spiro atoms. The maximum atomic E-state index is 12.0. The van der Waals surface area contributed by atoms with Crippen molar-refractivity contribution in [2.24, 2.45) is 5.92 Å². The van der Waals surface area contributed by atoms with Gasteiger partial charge in [0.15, 0.2) is 0 Å². The predicted molar refractivity (Wildman–Crippen MR) is 31.8 cm³/mol. The second kappa shape index (κ2) is 2.39. The summed E-state index contributed by atoms with van der Waals surface area (Å²) in [4.78, 5) is 10.5. The highest BCUT2D eigenvalue weighted by atomic mass is 19.4. The zero-order valence-corrected chi connectivity index (χ0v) is 5.90. The van der Waals surface area contributed by atoms with E-state index in [1.54, 1.807) is 0 Å². The summed E-state index contributed by atoms with van der Waals surface area (Å²) in [7, 11) is 0. The molecule has 0 aromatic carbocycles. The van der Waals surface area contributed by atoms with Crippen molar-refractivity contribution < 1.29 is 18.0 Å². The smallest absolute Gasteiger partial charge is 0.353 e. The molecule has 5 heteroatoms. The average Bonchev–Trinajstić information content (AvgIpc) is 2.08. The summed E-state index contributed by atoms with van der Waals surface area (Å²) < 4.78 is 36.0. The largest absolute Gasteiger partial charge is 0.394 e. The van der Waals surface area contributed by atoms with Crippen LogP contribution in [0.3, 0.4) is 0 Å². The van der Waals surface area contributed by atoms with Gasteiger partial charge < -0.3 is 5.32 Å². The zero-order chi connectivity index (χ0) is 8.65. The third kappa shape index (κ3) is 1.64. The Balaban J connectivity index is 2.67. The first-order valence-electron chi connectivity index (χ1n) is 3.27. The summed E-state index contributed by atoms with van der Waals surface area (Å²) in [5, 5.41) is 2.21. The lowest BCUT2D eigenvalue weighted by molar-refractivity contribution is -0.176. The van der Waals surface area contributed by atoms with Crippen LogP contribution in [0.5, 0.6) is 0 Å². The Hall–Kier alpha value is -0.740. The maximum Gasteiger partial charge on any atom is 0.394 e. The molecule has 0 saturated carbocycles. The molecule has 0 bridgehead atoms. The zero-order valence-electron chi connectivity index (χ0n) is 5.90. The predicted octanol–water partition coefficient (Wildman–Crippen LogP) is 1.07. The van der Waals surface area contributed by atoms with Crippen LogP contribution in [-0.2, 0) is 4.79 Å². The van der Waals surface area contributed by atoms with E-state index >= 15 is 0 Å². The molecular formula is C6H8F3NO. The van der Waals surface area contributed by atoms with Crippen LogP contribution >= 0.6 is 0 Å². The molecule has 1 amide bonds. The van der Waals surface area contributed by atoms with Crippen molar-refractivity contribution in [3.63, 3.8) is 0 Å². The number of nitrogens with one attached hydrogen (secondary N) is 1. The fourth-order valence-corrected chi connectivity index (χ4v) is 1.19. The fourth-order valence-electron chi connectivity index (χ4n) is 1.19. The molecule has 1 rings (SSSR count). The van der Waals surface area contributed by atoms with Gasteiger partial charge in [0.25, 0.3) is 0 Å². The van der Waals surface area contributed by atoms with Crippen LogP contribution < -0.4 is 5.32 Å². The monoisotopic (exact) mass is 167 g/mol. The van der Waals surface area contributed by atoms with Crippen molar-refractivity contribution in [2.75, 3.05) is 0 Å². The van der Waals surface area contributed by atoms with E-state index < -0.39 is 30.5 Å². The molecule has 0 aromatic heterocycles. The molecule has 2 atom stereocenters.